The van der Waals surface area contributed by atoms with Gasteiger partial charge in [0.15, 0.2) is 5.15 Å². The molecule has 0 bridgehead atoms. The van der Waals surface area contributed by atoms with E-state index in [1.54, 1.807) is 0 Å². The van der Waals surface area contributed by atoms with Gasteiger partial charge in [0, 0.05) is 12.2 Å². The molecule has 1 fully saturated rings. The summed E-state index contributed by atoms with van der Waals surface area (Å²) in [5, 5.41) is 4.15. The van der Waals surface area contributed by atoms with Gasteiger partial charge in [-0.25, -0.2) is 4.98 Å². The predicted molar refractivity (Wildman–Crippen MR) is 78.3 cm³/mol. The maximum atomic E-state index is 6.12. The summed E-state index contributed by atoms with van der Waals surface area (Å²) in [5.74, 6) is 0.944. The zero-order valence-corrected chi connectivity index (χ0v) is 12.1. The number of anilines is 1. The van der Waals surface area contributed by atoms with Gasteiger partial charge in [0.05, 0.1) is 5.69 Å². The third-order valence-corrected chi connectivity index (χ3v) is 4.18. The van der Waals surface area contributed by atoms with E-state index >= 15 is 0 Å². The molecule has 0 unspecified atom stereocenters. The van der Waals surface area contributed by atoms with Crippen LogP contribution in [0.5, 0.6) is 0 Å². The molecule has 2 nitrogen and oxygen atoms in total. The van der Waals surface area contributed by atoms with Crippen LogP contribution in [0.2, 0.25) is 5.15 Å². The maximum Gasteiger partial charge on any atom is 0.152 e. The van der Waals surface area contributed by atoms with E-state index in [4.69, 9.17) is 11.6 Å². The van der Waals surface area contributed by atoms with E-state index in [9.17, 15) is 0 Å². The van der Waals surface area contributed by atoms with Gasteiger partial charge >= 0.3 is 0 Å². The summed E-state index contributed by atoms with van der Waals surface area (Å²) >= 11 is 6.12. The van der Waals surface area contributed by atoms with Crippen LogP contribution in [0, 0.1) is 12.8 Å². The van der Waals surface area contributed by atoms with Gasteiger partial charge in [0.25, 0.3) is 0 Å². The van der Waals surface area contributed by atoms with E-state index in [0.29, 0.717) is 11.2 Å². The molecule has 0 amide bonds. The average Bonchev–Trinajstić information content (AvgIpc) is 2.37. The molecule has 1 saturated carbocycles. The molecular weight excluding hydrogens is 244 g/mol. The van der Waals surface area contributed by atoms with E-state index in [1.165, 1.54) is 38.5 Å². The topological polar surface area (TPSA) is 24.9 Å². The lowest BCUT2D eigenvalue weighted by molar-refractivity contribution is 0.319. The van der Waals surface area contributed by atoms with Crippen LogP contribution in [0.15, 0.2) is 12.3 Å². The van der Waals surface area contributed by atoms with Crippen LogP contribution < -0.4 is 5.32 Å². The van der Waals surface area contributed by atoms with Crippen LogP contribution >= 0.6 is 11.6 Å². The molecule has 1 aliphatic rings. The van der Waals surface area contributed by atoms with E-state index in [1.807, 2.05) is 13.1 Å². The number of rotatable bonds is 4. The van der Waals surface area contributed by atoms with Gasteiger partial charge in [-0.05, 0) is 50.2 Å². The van der Waals surface area contributed by atoms with Crippen molar-refractivity contribution >= 4 is 17.3 Å². The molecule has 0 radical (unpaired) electrons. The molecule has 0 spiro atoms. The number of aryl methyl sites for hydroxylation is 1. The Morgan fingerprint density at radius 3 is 2.72 bits per heavy atom. The van der Waals surface area contributed by atoms with E-state index < -0.39 is 0 Å². The molecule has 0 saturated heterocycles. The fourth-order valence-electron chi connectivity index (χ4n) is 2.88. The SMILES string of the molecule is CCCC1CCC(Nc2cc(C)cnc2Cl)CC1. The Kier molecular flexibility index (Phi) is 4.87. The van der Waals surface area contributed by atoms with Crippen molar-refractivity contribution in [1.29, 1.82) is 0 Å². The zero-order valence-electron chi connectivity index (χ0n) is 11.4. The van der Waals surface area contributed by atoms with Crippen molar-refractivity contribution in [3.63, 3.8) is 0 Å². The minimum Gasteiger partial charge on any atom is -0.380 e. The minimum atomic E-state index is 0.569. The van der Waals surface area contributed by atoms with Crippen molar-refractivity contribution < 1.29 is 0 Å². The average molecular weight is 267 g/mol. The van der Waals surface area contributed by atoms with Crippen molar-refractivity contribution in [1.82, 2.24) is 4.98 Å². The summed E-state index contributed by atoms with van der Waals surface area (Å²) in [4.78, 5) is 4.19. The van der Waals surface area contributed by atoms with Crippen LogP contribution in [-0.4, -0.2) is 11.0 Å². The number of nitrogens with zero attached hydrogens (tertiary/aromatic N) is 1. The molecule has 1 aromatic heterocycles. The highest BCUT2D eigenvalue weighted by Crippen LogP contribution is 2.30. The normalized spacial score (nSPS) is 23.9. The molecule has 1 aromatic rings. The van der Waals surface area contributed by atoms with Crippen molar-refractivity contribution in [3.05, 3.63) is 23.0 Å². The monoisotopic (exact) mass is 266 g/mol. The number of aromatic nitrogens is 1. The molecule has 1 aliphatic carbocycles. The van der Waals surface area contributed by atoms with Gasteiger partial charge in [-0.2, -0.15) is 0 Å². The number of nitrogens with one attached hydrogen (secondary N) is 1. The smallest absolute Gasteiger partial charge is 0.152 e. The Morgan fingerprint density at radius 1 is 1.33 bits per heavy atom. The van der Waals surface area contributed by atoms with Crippen molar-refractivity contribution in [2.24, 2.45) is 5.92 Å². The highest BCUT2D eigenvalue weighted by molar-refractivity contribution is 6.31. The lowest BCUT2D eigenvalue weighted by Gasteiger charge is -2.29. The second-order valence-corrected chi connectivity index (χ2v) is 5.86. The zero-order chi connectivity index (χ0) is 13.0. The first-order chi connectivity index (χ1) is 8.69. The fraction of sp³-hybridized carbons (Fsp3) is 0.667. The maximum absolute atomic E-state index is 6.12. The first kappa shape index (κ1) is 13.7. The molecule has 18 heavy (non-hydrogen) atoms. The fourth-order valence-corrected chi connectivity index (χ4v) is 3.04. The molecule has 2 rings (SSSR count). The highest BCUT2D eigenvalue weighted by atomic mass is 35.5. The third-order valence-electron chi connectivity index (χ3n) is 3.88. The lowest BCUT2D eigenvalue weighted by Crippen LogP contribution is -2.26. The largest absolute Gasteiger partial charge is 0.380 e. The van der Waals surface area contributed by atoms with Gasteiger partial charge in [-0.3, -0.25) is 0 Å². The van der Waals surface area contributed by atoms with Crippen molar-refractivity contribution in [2.45, 2.75) is 58.4 Å². The molecule has 0 aliphatic heterocycles. The standard InChI is InChI=1S/C15H23ClN2/c1-3-4-12-5-7-13(8-6-12)18-14-9-11(2)10-17-15(14)16/h9-10,12-13,18H,3-8H2,1-2H3. The first-order valence-corrected chi connectivity index (χ1v) is 7.45. The molecule has 3 heteroatoms. The van der Waals surface area contributed by atoms with Gasteiger partial charge in [-0.15, -0.1) is 0 Å². The Labute approximate surface area is 115 Å². The number of hydrogen-bond donors (Lipinski definition) is 1. The van der Waals surface area contributed by atoms with Gasteiger partial charge in [-0.1, -0.05) is 31.4 Å². The first-order valence-electron chi connectivity index (χ1n) is 7.07. The lowest BCUT2D eigenvalue weighted by atomic mass is 9.83. The predicted octanol–water partition coefficient (Wildman–Crippen LogP) is 4.81. The Balaban J connectivity index is 1.89. The Morgan fingerprint density at radius 2 is 2.06 bits per heavy atom. The van der Waals surface area contributed by atoms with Gasteiger partial charge < -0.3 is 5.32 Å². The summed E-state index contributed by atoms with van der Waals surface area (Å²) in [6, 6.07) is 2.66. The van der Waals surface area contributed by atoms with Crippen molar-refractivity contribution in [2.75, 3.05) is 5.32 Å². The molecule has 1 heterocycles. The van der Waals surface area contributed by atoms with E-state index in [-0.39, 0.29) is 0 Å². The number of pyridine rings is 1. The molecule has 0 aromatic carbocycles. The Bertz CT molecular complexity index is 384. The molecular formula is C15H23ClN2. The van der Waals surface area contributed by atoms with Crippen LogP contribution in [0.1, 0.15) is 51.0 Å². The van der Waals surface area contributed by atoms with Crippen LogP contribution in [-0.2, 0) is 0 Å². The summed E-state index contributed by atoms with van der Waals surface area (Å²) in [5.41, 5.74) is 2.15. The quantitative estimate of drug-likeness (QED) is 0.791. The highest BCUT2D eigenvalue weighted by Gasteiger charge is 2.21. The number of halogens is 1. The van der Waals surface area contributed by atoms with Gasteiger partial charge in [0.1, 0.15) is 0 Å². The Hall–Kier alpha value is -0.760. The van der Waals surface area contributed by atoms with Crippen LogP contribution in [0.4, 0.5) is 5.69 Å². The van der Waals surface area contributed by atoms with Crippen molar-refractivity contribution in [3.8, 4) is 0 Å². The summed E-state index contributed by atoms with van der Waals surface area (Å²) in [6.45, 7) is 4.33. The molecule has 100 valence electrons. The summed E-state index contributed by atoms with van der Waals surface area (Å²) in [6.07, 6.45) is 9.73. The molecule has 1 N–H and O–H groups in total. The molecule has 0 atom stereocenters. The number of hydrogen-bond acceptors (Lipinski definition) is 2. The summed E-state index contributed by atoms with van der Waals surface area (Å²) in [7, 11) is 0. The van der Waals surface area contributed by atoms with E-state index in [2.05, 4.69) is 23.3 Å². The van der Waals surface area contributed by atoms with Crippen LogP contribution in [0.25, 0.3) is 0 Å². The minimum absolute atomic E-state index is 0.569. The second-order valence-electron chi connectivity index (χ2n) is 5.50. The van der Waals surface area contributed by atoms with Crippen LogP contribution in [0.3, 0.4) is 0 Å². The van der Waals surface area contributed by atoms with E-state index in [0.717, 1.165) is 17.2 Å². The third kappa shape index (κ3) is 3.61. The van der Waals surface area contributed by atoms with Gasteiger partial charge in [0.2, 0.25) is 0 Å². The second kappa shape index (κ2) is 6.42. The summed E-state index contributed by atoms with van der Waals surface area (Å²) < 4.78 is 0.